The summed E-state index contributed by atoms with van der Waals surface area (Å²) in [7, 11) is 0. The van der Waals surface area contributed by atoms with E-state index >= 15 is 0 Å². The Morgan fingerprint density at radius 1 is 0.744 bits per heavy atom. The Balaban J connectivity index is 1.53. The highest BCUT2D eigenvalue weighted by atomic mass is 35.5. The van der Waals surface area contributed by atoms with Crippen molar-refractivity contribution in [2.75, 3.05) is 4.90 Å². The molecule has 7 heteroatoms. The number of hydrogen-bond acceptors (Lipinski definition) is 4. The van der Waals surface area contributed by atoms with Gasteiger partial charge in [-0.1, -0.05) is 90.5 Å². The summed E-state index contributed by atoms with van der Waals surface area (Å²) in [5.41, 5.74) is 1.02. The molecule has 39 heavy (non-hydrogen) atoms. The maximum atomic E-state index is 14.8. The van der Waals surface area contributed by atoms with Gasteiger partial charge in [0.05, 0.1) is 23.2 Å². The van der Waals surface area contributed by atoms with E-state index in [1.807, 2.05) is 66.7 Å². The number of hydrogen-bond donors (Lipinski definition) is 0. The highest BCUT2D eigenvalue weighted by molar-refractivity contribution is 6.31. The van der Waals surface area contributed by atoms with Gasteiger partial charge in [-0.25, -0.2) is 0 Å². The van der Waals surface area contributed by atoms with Crippen LogP contribution >= 0.6 is 11.6 Å². The van der Waals surface area contributed by atoms with Gasteiger partial charge in [-0.3, -0.25) is 14.4 Å². The molecule has 2 aliphatic heterocycles. The van der Waals surface area contributed by atoms with Crippen LogP contribution in [-0.4, -0.2) is 16.7 Å². The van der Waals surface area contributed by atoms with Crippen LogP contribution in [0.1, 0.15) is 32.8 Å². The van der Waals surface area contributed by atoms with Gasteiger partial charge in [0.25, 0.3) is 11.8 Å². The molecule has 2 aliphatic rings. The smallest absolute Gasteiger partial charge is 0.291 e. The lowest BCUT2D eigenvalue weighted by molar-refractivity contribution is -0.126. The fourth-order valence-electron chi connectivity index (χ4n) is 5.88. The molecule has 0 radical (unpaired) electrons. The molecule has 0 fully saturated rings. The number of halogens is 1. The van der Waals surface area contributed by atoms with Crippen molar-refractivity contribution in [1.82, 2.24) is 4.90 Å². The Kier molecular flexibility index (Phi) is 5.22. The summed E-state index contributed by atoms with van der Waals surface area (Å²) in [6.07, 6.45) is 0. The molecule has 0 aliphatic carbocycles. The number of carbonyl (C=O) groups excluding carboxylic acids is 2. The van der Waals surface area contributed by atoms with Crippen molar-refractivity contribution in [3.05, 3.63) is 146 Å². The normalized spacial score (nSPS) is 17.8. The fourth-order valence-corrected chi connectivity index (χ4v) is 6.07. The third-order valence-electron chi connectivity index (χ3n) is 7.61. The molecule has 0 bridgehead atoms. The minimum absolute atomic E-state index is 0.0116. The standard InChI is InChI=1S/C32H21ClN2O4/c33-24-15-7-4-12-21(24)19-35-30(37)29-27(28(36)22-13-5-9-17-26(22)39-29)32(35)23-14-6-8-16-25(23)34(31(32)38)18-20-10-2-1-3-11-20/h1-17H,18-19H2. The summed E-state index contributed by atoms with van der Waals surface area (Å²) in [5.74, 6) is -1.03. The van der Waals surface area contributed by atoms with E-state index in [0.717, 1.165) is 5.56 Å². The molecule has 5 aromatic rings. The van der Waals surface area contributed by atoms with E-state index in [2.05, 4.69) is 0 Å². The second-order valence-corrected chi connectivity index (χ2v) is 10.1. The van der Waals surface area contributed by atoms with Gasteiger partial charge in [0.15, 0.2) is 11.0 Å². The zero-order chi connectivity index (χ0) is 26.7. The first kappa shape index (κ1) is 23.4. The van der Waals surface area contributed by atoms with Gasteiger partial charge >= 0.3 is 0 Å². The Bertz CT molecular complexity index is 1870. The summed E-state index contributed by atoms with van der Waals surface area (Å²) >= 11 is 6.53. The molecule has 1 atom stereocenters. The third kappa shape index (κ3) is 3.25. The summed E-state index contributed by atoms with van der Waals surface area (Å²) in [6, 6.07) is 30.9. The van der Waals surface area contributed by atoms with Gasteiger partial charge in [0, 0.05) is 17.1 Å². The number of rotatable bonds is 4. The van der Waals surface area contributed by atoms with Crippen molar-refractivity contribution in [3.8, 4) is 0 Å². The molecule has 1 unspecified atom stereocenters. The molecular weight excluding hydrogens is 512 g/mol. The van der Waals surface area contributed by atoms with Crippen molar-refractivity contribution in [3.63, 3.8) is 0 Å². The first-order valence-electron chi connectivity index (χ1n) is 12.6. The number of para-hydroxylation sites is 2. The van der Waals surface area contributed by atoms with Crippen LogP contribution in [0.25, 0.3) is 11.0 Å². The molecular formula is C32H21ClN2O4. The highest BCUT2D eigenvalue weighted by Gasteiger charge is 2.65. The quantitative estimate of drug-likeness (QED) is 0.289. The molecule has 7 rings (SSSR count). The molecule has 4 aromatic carbocycles. The SMILES string of the molecule is O=C1c2oc3ccccc3c(=O)c2C2(C(=O)N(Cc3ccccc3)c3ccccc32)N1Cc1ccccc1Cl. The van der Waals surface area contributed by atoms with Crippen LogP contribution in [0.5, 0.6) is 0 Å². The van der Waals surface area contributed by atoms with Crippen LogP contribution in [0.15, 0.2) is 112 Å². The van der Waals surface area contributed by atoms with Gasteiger partial charge in [-0.15, -0.1) is 0 Å². The highest BCUT2D eigenvalue weighted by Crippen LogP contribution is 2.53. The average molecular weight is 533 g/mol. The Morgan fingerprint density at radius 3 is 2.26 bits per heavy atom. The number of nitrogens with zero attached hydrogens (tertiary/aromatic N) is 2. The van der Waals surface area contributed by atoms with E-state index in [1.165, 1.54) is 4.90 Å². The van der Waals surface area contributed by atoms with Crippen molar-refractivity contribution in [2.24, 2.45) is 0 Å². The van der Waals surface area contributed by atoms with Crippen LogP contribution in [0.2, 0.25) is 5.02 Å². The second kappa shape index (κ2) is 8.68. The molecule has 2 amide bonds. The minimum atomic E-state index is -1.71. The maximum Gasteiger partial charge on any atom is 0.291 e. The molecule has 190 valence electrons. The van der Waals surface area contributed by atoms with Crippen molar-refractivity contribution >= 4 is 40.1 Å². The lowest BCUT2D eigenvalue weighted by atomic mass is 9.83. The first-order valence-corrected chi connectivity index (χ1v) is 13.0. The summed E-state index contributed by atoms with van der Waals surface area (Å²) in [6.45, 7) is 0.290. The van der Waals surface area contributed by atoms with Crippen molar-refractivity contribution in [1.29, 1.82) is 0 Å². The van der Waals surface area contributed by atoms with Gasteiger partial charge in [-0.05, 0) is 35.4 Å². The van der Waals surface area contributed by atoms with Gasteiger partial charge in [-0.2, -0.15) is 0 Å². The monoisotopic (exact) mass is 532 g/mol. The molecule has 0 saturated carbocycles. The van der Waals surface area contributed by atoms with Crippen LogP contribution in [-0.2, 0) is 23.4 Å². The van der Waals surface area contributed by atoms with Crippen molar-refractivity contribution < 1.29 is 14.0 Å². The lowest BCUT2D eigenvalue weighted by Crippen LogP contribution is -2.53. The van der Waals surface area contributed by atoms with Crippen LogP contribution in [0, 0.1) is 0 Å². The van der Waals surface area contributed by atoms with Crippen LogP contribution in [0.4, 0.5) is 5.69 Å². The second-order valence-electron chi connectivity index (χ2n) is 9.72. The third-order valence-corrected chi connectivity index (χ3v) is 7.98. The average Bonchev–Trinajstić information content (AvgIpc) is 3.35. The topological polar surface area (TPSA) is 70.8 Å². The number of carbonyl (C=O) groups is 2. The lowest BCUT2D eigenvalue weighted by Gasteiger charge is -2.34. The van der Waals surface area contributed by atoms with Crippen molar-refractivity contribution in [2.45, 2.75) is 18.6 Å². The number of benzene rings is 4. The minimum Gasteiger partial charge on any atom is -0.450 e. The number of amides is 2. The first-order chi connectivity index (χ1) is 19.0. The molecule has 1 spiro atoms. The van der Waals surface area contributed by atoms with E-state index in [4.69, 9.17) is 16.0 Å². The molecule has 0 saturated heterocycles. The fraction of sp³-hybridized carbons (Fsp3) is 0.0938. The summed E-state index contributed by atoms with van der Waals surface area (Å²) < 4.78 is 6.10. The van der Waals surface area contributed by atoms with E-state index in [-0.39, 0.29) is 30.3 Å². The summed E-state index contributed by atoms with van der Waals surface area (Å²) in [5, 5.41) is 0.774. The van der Waals surface area contributed by atoms with Gasteiger partial charge in [0.1, 0.15) is 5.58 Å². The predicted octanol–water partition coefficient (Wildman–Crippen LogP) is 5.89. The predicted molar refractivity (Wildman–Crippen MR) is 149 cm³/mol. The molecule has 1 aromatic heterocycles. The van der Waals surface area contributed by atoms with Crippen LogP contribution < -0.4 is 10.3 Å². The van der Waals surface area contributed by atoms with E-state index in [1.54, 1.807) is 41.3 Å². The van der Waals surface area contributed by atoms with Crippen LogP contribution in [0.3, 0.4) is 0 Å². The molecule has 6 nitrogen and oxygen atoms in total. The van der Waals surface area contributed by atoms with Gasteiger partial charge in [0.2, 0.25) is 5.76 Å². The zero-order valence-electron chi connectivity index (χ0n) is 20.6. The van der Waals surface area contributed by atoms with E-state index < -0.39 is 16.9 Å². The molecule has 3 heterocycles. The Hall–Kier alpha value is -4.68. The van der Waals surface area contributed by atoms with Gasteiger partial charge < -0.3 is 14.2 Å². The Labute approximate surface area is 228 Å². The number of anilines is 1. The molecule has 0 N–H and O–H groups in total. The number of fused-ring (bicyclic) bond motifs is 5. The van der Waals surface area contributed by atoms with E-state index in [9.17, 15) is 14.4 Å². The maximum absolute atomic E-state index is 14.8. The zero-order valence-corrected chi connectivity index (χ0v) is 21.4. The Morgan fingerprint density at radius 2 is 1.44 bits per heavy atom. The largest absolute Gasteiger partial charge is 0.450 e. The summed E-state index contributed by atoms with van der Waals surface area (Å²) in [4.78, 5) is 46.2. The van der Waals surface area contributed by atoms with E-state index in [0.29, 0.717) is 32.8 Å².